The van der Waals surface area contributed by atoms with Crippen LogP contribution < -0.4 is 10.6 Å². The van der Waals surface area contributed by atoms with E-state index in [-0.39, 0.29) is 18.3 Å². The quantitative estimate of drug-likeness (QED) is 0.806. The summed E-state index contributed by atoms with van der Waals surface area (Å²) in [6, 6.07) is 10.0. The van der Waals surface area contributed by atoms with Crippen LogP contribution >= 0.6 is 12.4 Å². The number of halogens is 1. The molecule has 2 N–H and O–H groups in total. The van der Waals surface area contributed by atoms with Crippen LogP contribution in [0.2, 0.25) is 0 Å². The highest BCUT2D eigenvalue weighted by Crippen LogP contribution is 2.15. The molecule has 1 aromatic carbocycles. The molecule has 1 saturated heterocycles. The van der Waals surface area contributed by atoms with Crippen molar-refractivity contribution in [2.45, 2.75) is 25.8 Å². The van der Waals surface area contributed by atoms with Crippen molar-refractivity contribution in [1.29, 1.82) is 0 Å². The van der Waals surface area contributed by atoms with Gasteiger partial charge in [-0.25, -0.2) is 0 Å². The van der Waals surface area contributed by atoms with E-state index < -0.39 is 0 Å². The third kappa shape index (κ3) is 7.25. The van der Waals surface area contributed by atoms with E-state index in [4.69, 9.17) is 0 Å². The van der Waals surface area contributed by atoms with Crippen molar-refractivity contribution in [3.05, 3.63) is 35.9 Å². The van der Waals surface area contributed by atoms with Gasteiger partial charge in [-0.15, -0.1) is 12.4 Å². The SMILES string of the molecule is CN(CCC1CCNCC1)CC(=O)NCc1ccccc1.Cl. The Morgan fingerprint density at radius 3 is 2.64 bits per heavy atom. The number of carbonyl (C=O) groups is 1. The van der Waals surface area contributed by atoms with Crippen LogP contribution in [0.3, 0.4) is 0 Å². The number of piperidine rings is 1. The van der Waals surface area contributed by atoms with Gasteiger partial charge in [-0.2, -0.15) is 0 Å². The van der Waals surface area contributed by atoms with Crippen molar-refractivity contribution in [2.75, 3.05) is 33.2 Å². The van der Waals surface area contributed by atoms with Crippen LogP contribution in [0, 0.1) is 5.92 Å². The van der Waals surface area contributed by atoms with Gasteiger partial charge in [0.1, 0.15) is 0 Å². The van der Waals surface area contributed by atoms with Gasteiger partial charge in [0.15, 0.2) is 0 Å². The van der Waals surface area contributed by atoms with Crippen LogP contribution in [0.5, 0.6) is 0 Å². The maximum absolute atomic E-state index is 11.9. The number of carbonyl (C=O) groups excluding carboxylic acids is 1. The number of benzene rings is 1. The van der Waals surface area contributed by atoms with Gasteiger partial charge < -0.3 is 10.6 Å². The van der Waals surface area contributed by atoms with Gasteiger partial charge in [0, 0.05) is 6.54 Å². The predicted molar refractivity (Wildman–Crippen MR) is 93.2 cm³/mol. The lowest BCUT2D eigenvalue weighted by molar-refractivity contribution is -0.122. The highest BCUT2D eigenvalue weighted by Gasteiger charge is 2.14. The zero-order valence-corrected chi connectivity index (χ0v) is 14.2. The van der Waals surface area contributed by atoms with Crippen LogP contribution in [0.25, 0.3) is 0 Å². The monoisotopic (exact) mass is 325 g/mol. The van der Waals surface area contributed by atoms with Gasteiger partial charge in [0.25, 0.3) is 0 Å². The molecule has 124 valence electrons. The Morgan fingerprint density at radius 1 is 1.27 bits per heavy atom. The molecule has 1 aliphatic rings. The molecular weight excluding hydrogens is 298 g/mol. The summed E-state index contributed by atoms with van der Waals surface area (Å²) in [6.45, 7) is 4.39. The molecule has 0 aromatic heterocycles. The Hall–Kier alpha value is -1.10. The first-order chi connectivity index (χ1) is 10.2. The summed E-state index contributed by atoms with van der Waals surface area (Å²) in [5.74, 6) is 0.924. The zero-order chi connectivity index (χ0) is 14.9. The average Bonchev–Trinajstić information content (AvgIpc) is 2.53. The molecule has 1 aliphatic heterocycles. The minimum absolute atomic E-state index is 0. The number of likely N-dealkylation sites (N-methyl/N-ethyl adjacent to an activating group) is 1. The maximum atomic E-state index is 11.9. The first-order valence-electron chi connectivity index (χ1n) is 7.94. The lowest BCUT2D eigenvalue weighted by atomic mass is 9.94. The average molecular weight is 326 g/mol. The van der Waals surface area contributed by atoms with Gasteiger partial charge in [-0.3, -0.25) is 9.69 Å². The van der Waals surface area contributed by atoms with E-state index in [9.17, 15) is 4.79 Å². The van der Waals surface area contributed by atoms with Crippen molar-refractivity contribution in [1.82, 2.24) is 15.5 Å². The fourth-order valence-corrected chi connectivity index (χ4v) is 2.75. The van der Waals surface area contributed by atoms with Gasteiger partial charge in [0.2, 0.25) is 5.91 Å². The second-order valence-electron chi connectivity index (χ2n) is 5.98. The van der Waals surface area contributed by atoms with Crippen molar-refractivity contribution in [3.8, 4) is 0 Å². The van der Waals surface area contributed by atoms with E-state index in [1.165, 1.54) is 19.3 Å². The molecule has 1 fully saturated rings. The normalized spacial score (nSPS) is 15.4. The molecule has 0 unspecified atom stereocenters. The van der Waals surface area contributed by atoms with Crippen LogP contribution in [0.1, 0.15) is 24.8 Å². The molecular formula is C17H28ClN3O. The summed E-state index contributed by atoms with van der Waals surface area (Å²) in [5.41, 5.74) is 1.14. The summed E-state index contributed by atoms with van der Waals surface area (Å²) < 4.78 is 0. The summed E-state index contributed by atoms with van der Waals surface area (Å²) in [6.07, 6.45) is 3.74. The number of hydrogen-bond donors (Lipinski definition) is 2. The molecule has 0 saturated carbocycles. The fraction of sp³-hybridized carbons (Fsp3) is 0.588. The second kappa shape index (κ2) is 10.6. The van der Waals surface area contributed by atoms with Crippen LogP contribution in [-0.2, 0) is 11.3 Å². The molecule has 0 aliphatic carbocycles. The van der Waals surface area contributed by atoms with Crippen LogP contribution in [-0.4, -0.2) is 44.0 Å². The minimum Gasteiger partial charge on any atom is -0.351 e. The maximum Gasteiger partial charge on any atom is 0.234 e. The lowest BCUT2D eigenvalue weighted by Gasteiger charge is -2.25. The molecule has 4 nitrogen and oxygen atoms in total. The molecule has 2 rings (SSSR count). The third-order valence-corrected chi connectivity index (χ3v) is 4.12. The van der Waals surface area contributed by atoms with E-state index in [2.05, 4.69) is 15.5 Å². The third-order valence-electron chi connectivity index (χ3n) is 4.12. The smallest absolute Gasteiger partial charge is 0.234 e. The number of rotatable bonds is 7. The molecule has 1 amide bonds. The standard InChI is InChI=1S/C17H27N3O.ClH/c1-20(12-9-15-7-10-18-11-8-15)14-17(21)19-13-16-5-3-2-4-6-16;/h2-6,15,18H,7-14H2,1H3,(H,19,21);1H. The Kier molecular flexibility index (Phi) is 9.13. The van der Waals surface area contributed by atoms with Gasteiger partial charge in [-0.1, -0.05) is 30.3 Å². The first kappa shape index (κ1) is 18.9. The second-order valence-corrected chi connectivity index (χ2v) is 5.98. The lowest BCUT2D eigenvalue weighted by Crippen LogP contribution is -2.36. The number of hydrogen-bond acceptors (Lipinski definition) is 3. The largest absolute Gasteiger partial charge is 0.351 e. The van der Waals surface area contributed by atoms with Crippen molar-refractivity contribution in [3.63, 3.8) is 0 Å². The Labute approximate surface area is 140 Å². The first-order valence-corrected chi connectivity index (χ1v) is 7.94. The molecule has 0 bridgehead atoms. The molecule has 22 heavy (non-hydrogen) atoms. The van der Waals surface area contributed by atoms with E-state index in [1.54, 1.807) is 0 Å². The number of nitrogens with zero attached hydrogens (tertiary/aromatic N) is 1. The summed E-state index contributed by atoms with van der Waals surface area (Å²) in [4.78, 5) is 14.0. The Bertz CT molecular complexity index is 421. The molecule has 1 aromatic rings. The topological polar surface area (TPSA) is 44.4 Å². The highest BCUT2D eigenvalue weighted by atomic mass is 35.5. The number of amides is 1. The van der Waals surface area contributed by atoms with Gasteiger partial charge in [-0.05, 0) is 57.4 Å². The summed E-state index contributed by atoms with van der Waals surface area (Å²) >= 11 is 0. The summed E-state index contributed by atoms with van der Waals surface area (Å²) in [5, 5.41) is 6.37. The molecule has 0 atom stereocenters. The van der Waals surface area contributed by atoms with Crippen molar-refractivity contribution < 1.29 is 4.79 Å². The zero-order valence-electron chi connectivity index (χ0n) is 13.4. The van der Waals surface area contributed by atoms with E-state index in [0.717, 1.165) is 31.1 Å². The fourth-order valence-electron chi connectivity index (χ4n) is 2.75. The van der Waals surface area contributed by atoms with Crippen LogP contribution in [0.15, 0.2) is 30.3 Å². The molecule has 0 spiro atoms. The predicted octanol–water partition coefficient (Wildman–Crippen LogP) is 2.05. The Morgan fingerprint density at radius 2 is 1.95 bits per heavy atom. The molecule has 1 heterocycles. The van der Waals surface area contributed by atoms with E-state index >= 15 is 0 Å². The number of nitrogens with one attached hydrogen (secondary N) is 2. The molecule has 0 radical (unpaired) electrons. The Balaban J connectivity index is 0.00000242. The molecule has 5 heteroatoms. The highest BCUT2D eigenvalue weighted by molar-refractivity contribution is 5.85. The van der Waals surface area contributed by atoms with Crippen LogP contribution in [0.4, 0.5) is 0 Å². The van der Waals surface area contributed by atoms with Gasteiger partial charge >= 0.3 is 0 Å². The van der Waals surface area contributed by atoms with E-state index in [0.29, 0.717) is 13.1 Å². The van der Waals surface area contributed by atoms with Gasteiger partial charge in [0.05, 0.1) is 6.54 Å². The minimum atomic E-state index is 0. The van der Waals surface area contributed by atoms with Crippen molar-refractivity contribution in [2.24, 2.45) is 5.92 Å². The van der Waals surface area contributed by atoms with E-state index in [1.807, 2.05) is 37.4 Å². The van der Waals surface area contributed by atoms with Crippen molar-refractivity contribution >= 4 is 18.3 Å². The summed E-state index contributed by atoms with van der Waals surface area (Å²) in [7, 11) is 2.03.